The number of esters is 1. The molecule has 0 aliphatic carbocycles. The van der Waals surface area contributed by atoms with E-state index in [1.165, 1.54) is 12.8 Å². The molecule has 0 unspecified atom stereocenters. The van der Waals surface area contributed by atoms with Crippen molar-refractivity contribution in [3.8, 4) is 0 Å². The zero-order valence-corrected chi connectivity index (χ0v) is 17.1. The molecule has 4 nitrogen and oxygen atoms in total. The van der Waals surface area contributed by atoms with E-state index in [0.29, 0.717) is 18.5 Å². The van der Waals surface area contributed by atoms with Gasteiger partial charge < -0.3 is 9.15 Å². The number of carbonyl (C=O) groups excluding carboxylic acids is 2. The fourth-order valence-corrected chi connectivity index (χ4v) is 2.65. The monoisotopic (exact) mass is 386 g/mol. The predicted molar refractivity (Wildman–Crippen MR) is 113 cm³/mol. The topological polar surface area (TPSA) is 56.5 Å². The number of carbonyl (C=O) groups is 2. The lowest BCUT2D eigenvalue weighted by molar-refractivity contribution is -0.145. The maximum atomic E-state index is 11.7. The molecular formula is C24H34O4. The molecule has 28 heavy (non-hydrogen) atoms. The Kier molecular flexibility index (Phi) is 14.2. The molecule has 0 saturated heterocycles. The summed E-state index contributed by atoms with van der Waals surface area (Å²) in [5, 5.41) is 0. The van der Waals surface area contributed by atoms with Gasteiger partial charge in [-0.1, -0.05) is 62.6 Å². The van der Waals surface area contributed by atoms with Crippen LogP contribution >= 0.6 is 0 Å². The minimum absolute atomic E-state index is 0.0869. The maximum absolute atomic E-state index is 11.7. The van der Waals surface area contributed by atoms with Crippen LogP contribution in [0.1, 0.15) is 87.4 Å². The minimum atomic E-state index is -0.217. The summed E-state index contributed by atoms with van der Waals surface area (Å²) in [5.41, 5.74) is 0. The normalized spacial score (nSPS) is 11.8. The Hall–Kier alpha value is -2.36. The Morgan fingerprint density at radius 2 is 1.61 bits per heavy atom. The van der Waals surface area contributed by atoms with Gasteiger partial charge in [0.1, 0.15) is 12.4 Å². The number of rotatable bonds is 16. The van der Waals surface area contributed by atoms with E-state index in [-0.39, 0.29) is 18.3 Å². The lowest BCUT2D eigenvalue weighted by Crippen LogP contribution is -2.03. The number of ether oxygens (including phenoxy) is 1. The van der Waals surface area contributed by atoms with Gasteiger partial charge in [-0.25, -0.2) is 0 Å². The second-order valence-corrected chi connectivity index (χ2v) is 6.68. The number of unbranched alkanes of at least 4 members (excludes halogenated alkanes) is 5. The number of allylic oxidation sites excluding steroid dienone is 6. The Bertz CT molecular complexity index is 622. The quantitative estimate of drug-likeness (QED) is 0.137. The summed E-state index contributed by atoms with van der Waals surface area (Å²) in [6.07, 6.45) is 24.0. The van der Waals surface area contributed by atoms with Gasteiger partial charge in [-0.15, -0.1) is 0 Å². The Morgan fingerprint density at radius 1 is 0.929 bits per heavy atom. The van der Waals surface area contributed by atoms with Gasteiger partial charge in [0.05, 0.1) is 0 Å². The van der Waals surface area contributed by atoms with E-state index in [4.69, 9.17) is 9.15 Å². The first-order chi connectivity index (χ1) is 13.8. The molecule has 0 spiro atoms. The maximum Gasteiger partial charge on any atom is 0.306 e. The third-order valence-corrected chi connectivity index (χ3v) is 4.21. The van der Waals surface area contributed by atoms with Crippen LogP contribution in [-0.2, 0) is 16.1 Å². The van der Waals surface area contributed by atoms with Crippen LogP contribution in [0.3, 0.4) is 0 Å². The van der Waals surface area contributed by atoms with Gasteiger partial charge in [0.25, 0.3) is 0 Å². The van der Waals surface area contributed by atoms with Gasteiger partial charge in [0.15, 0.2) is 12.0 Å². The van der Waals surface area contributed by atoms with E-state index in [1.807, 2.05) is 0 Å². The molecule has 0 aliphatic heterocycles. The van der Waals surface area contributed by atoms with E-state index in [9.17, 15) is 9.59 Å². The fourth-order valence-electron chi connectivity index (χ4n) is 2.65. The highest BCUT2D eigenvalue weighted by atomic mass is 16.5. The third-order valence-electron chi connectivity index (χ3n) is 4.21. The molecule has 0 atom stereocenters. The summed E-state index contributed by atoms with van der Waals surface area (Å²) in [7, 11) is 0. The van der Waals surface area contributed by atoms with Crippen molar-refractivity contribution >= 4 is 12.3 Å². The van der Waals surface area contributed by atoms with Crippen LogP contribution in [0.2, 0.25) is 0 Å². The van der Waals surface area contributed by atoms with E-state index >= 15 is 0 Å². The summed E-state index contributed by atoms with van der Waals surface area (Å²) in [6, 6.07) is 3.21. The number of hydrogen-bond acceptors (Lipinski definition) is 4. The van der Waals surface area contributed by atoms with Crippen molar-refractivity contribution in [2.24, 2.45) is 0 Å². The summed E-state index contributed by atoms with van der Waals surface area (Å²) >= 11 is 0. The lowest BCUT2D eigenvalue weighted by Gasteiger charge is -2.03. The van der Waals surface area contributed by atoms with Gasteiger partial charge >= 0.3 is 5.97 Å². The number of furan rings is 1. The van der Waals surface area contributed by atoms with Gasteiger partial charge in [0, 0.05) is 6.42 Å². The highest BCUT2D eigenvalue weighted by molar-refractivity contribution is 5.70. The van der Waals surface area contributed by atoms with E-state index in [0.717, 1.165) is 44.9 Å². The fraction of sp³-hybridized carbons (Fsp3) is 0.500. The van der Waals surface area contributed by atoms with Crippen molar-refractivity contribution in [1.82, 2.24) is 0 Å². The summed E-state index contributed by atoms with van der Waals surface area (Å²) < 4.78 is 10.3. The average molecular weight is 387 g/mol. The third kappa shape index (κ3) is 12.9. The van der Waals surface area contributed by atoms with Crippen LogP contribution in [0.5, 0.6) is 0 Å². The zero-order valence-electron chi connectivity index (χ0n) is 17.1. The van der Waals surface area contributed by atoms with Crippen molar-refractivity contribution in [3.05, 3.63) is 60.1 Å². The Labute approximate surface area is 169 Å². The first kappa shape index (κ1) is 23.7. The molecule has 0 amide bonds. The van der Waals surface area contributed by atoms with Crippen molar-refractivity contribution in [2.75, 3.05) is 0 Å². The van der Waals surface area contributed by atoms with E-state index < -0.39 is 0 Å². The smallest absolute Gasteiger partial charge is 0.306 e. The molecule has 1 heterocycles. The number of aldehydes is 1. The van der Waals surface area contributed by atoms with Crippen LogP contribution < -0.4 is 0 Å². The van der Waals surface area contributed by atoms with E-state index in [2.05, 4.69) is 43.4 Å². The molecule has 1 aromatic heterocycles. The Balaban J connectivity index is 1.90. The molecule has 0 fully saturated rings. The minimum Gasteiger partial charge on any atom is -0.457 e. The molecule has 0 aliphatic rings. The summed E-state index contributed by atoms with van der Waals surface area (Å²) in [6.45, 7) is 2.23. The zero-order chi connectivity index (χ0) is 20.3. The summed E-state index contributed by atoms with van der Waals surface area (Å²) in [4.78, 5) is 22.2. The van der Waals surface area contributed by atoms with Crippen LogP contribution in [0, 0.1) is 0 Å². The largest absolute Gasteiger partial charge is 0.457 e. The second kappa shape index (κ2) is 16.8. The van der Waals surface area contributed by atoms with Gasteiger partial charge in [-0.3, -0.25) is 9.59 Å². The van der Waals surface area contributed by atoms with Crippen molar-refractivity contribution in [3.63, 3.8) is 0 Å². The van der Waals surface area contributed by atoms with Crippen LogP contribution in [-0.4, -0.2) is 12.3 Å². The first-order valence-electron chi connectivity index (χ1n) is 10.4. The SMILES string of the molecule is CCC=CCC=CCC=CCCCCCCCC(=O)OCc1ccc(C=O)o1. The van der Waals surface area contributed by atoms with Crippen molar-refractivity contribution < 1.29 is 18.7 Å². The standard InChI is InChI=1S/C24H34O4/c1-2-3-4-5-6-7-8-9-10-11-12-13-14-15-16-17-24(26)27-21-23-19-18-22(20-25)28-23/h3-4,6-7,9-10,18-20H,2,5,8,11-17,21H2,1H3. The van der Waals surface area contributed by atoms with Gasteiger partial charge in [0.2, 0.25) is 0 Å². The number of hydrogen-bond donors (Lipinski definition) is 0. The van der Waals surface area contributed by atoms with Crippen LogP contribution in [0.15, 0.2) is 53.0 Å². The van der Waals surface area contributed by atoms with E-state index in [1.54, 1.807) is 12.1 Å². The molecule has 0 radical (unpaired) electrons. The highest BCUT2D eigenvalue weighted by Crippen LogP contribution is 2.10. The molecular weight excluding hydrogens is 352 g/mol. The molecule has 0 bridgehead atoms. The first-order valence-corrected chi connectivity index (χ1v) is 10.4. The second-order valence-electron chi connectivity index (χ2n) is 6.68. The molecule has 0 saturated carbocycles. The van der Waals surface area contributed by atoms with Crippen LogP contribution in [0.25, 0.3) is 0 Å². The summed E-state index contributed by atoms with van der Waals surface area (Å²) in [5.74, 6) is 0.523. The lowest BCUT2D eigenvalue weighted by atomic mass is 10.1. The van der Waals surface area contributed by atoms with Gasteiger partial charge in [-0.2, -0.15) is 0 Å². The molecule has 0 aromatic carbocycles. The van der Waals surface area contributed by atoms with Crippen molar-refractivity contribution in [1.29, 1.82) is 0 Å². The Morgan fingerprint density at radius 3 is 2.32 bits per heavy atom. The molecule has 154 valence electrons. The molecule has 0 N–H and O–H groups in total. The molecule has 4 heteroatoms. The highest BCUT2D eigenvalue weighted by Gasteiger charge is 2.06. The van der Waals surface area contributed by atoms with Crippen LogP contribution in [0.4, 0.5) is 0 Å². The average Bonchev–Trinajstić information content (AvgIpc) is 3.17. The van der Waals surface area contributed by atoms with Gasteiger partial charge in [-0.05, 0) is 50.7 Å². The predicted octanol–water partition coefficient (Wildman–Crippen LogP) is 6.72. The molecule has 1 rings (SSSR count). The molecule has 1 aromatic rings. The van der Waals surface area contributed by atoms with Crippen molar-refractivity contribution in [2.45, 2.75) is 77.7 Å².